The molecule has 1 aliphatic rings. The molecular weight excluding hydrogens is 220 g/mol. The molecular formula is C16H26N2. The van der Waals surface area contributed by atoms with Crippen LogP contribution in [0.2, 0.25) is 0 Å². The second kappa shape index (κ2) is 5.31. The maximum atomic E-state index is 3.52. The average Bonchev–Trinajstić information content (AvgIpc) is 2.33. The second-order valence-corrected chi connectivity index (χ2v) is 6.29. The van der Waals surface area contributed by atoms with Gasteiger partial charge in [0.05, 0.1) is 0 Å². The lowest BCUT2D eigenvalue weighted by Crippen LogP contribution is -2.53. The molecule has 0 aliphatic carbocycles. The highest BCUT2D eigenvalue weighted by Gasteiger charge is 2.33. The van der Waals surface area contributed by atoms with Crippen molar-refractivity contribution in [2.75, 3.05) is 24.5 Å². The van der Waals surface area contributed by atoms with E-state index < -0.39 is 0 Å². The molecule has 2 rings (SSSR count). The van der Waals surface area contributed by atoms with Crippen molar-refractivity contribution in [3.63, 3.8) is 0 Å². The molecule has 18 heavy (non-hydrogen) atoms. The molecule has 100 valence electrons. The van der Waals surface area contributed by atoms with Crippen molar-refractivity contribution in [1.29, 1.82) is 0 Å². The van der Waals surface area contributed by atoms with E-state index in [1.54, 1.807) is 0 Å². The first-order chi connectivity index (χ1) is 8.52. The van der Waals surface area contributed by atoms with E-state index in [2.05, 4.69) is 62.2 Å². The molecule has 1 aromatic carbocycles. The van der Waals surface area contributed by atoms with Gasteiger partial charge in [0.25, 0.3) is 0 Å². The number of anilines is 1. The molecule has 0 bridgehead atoms. The summed E-state index contributed by atoms with van der Waals surface area (Å²) in [5.74, 6) is 0. The first-order valence-corrected chi connectivity index (χ1v) is 7.10. The van der Waals surface area contributed by atoms with E-state index in [0.717, 1.165) is 6.54 Å². The van der Waals surface area contributed by atoms with Crippen LogP contribution in [-0.2, 0) is 0 Å². The van der Waals surface area contributed by atoms with Gasteiger partial charge in [-0.1, -0.05) is 32.9 Å². The zero-order valence-corrected chi connectivity index (χ0v) is 12.2. The third-order valence-corrected chi connectivity index (χ3v) is 3.70. The highest BCUT2D eigenvalue weighted by atomic mass is 15.2. The second-order valence-electron chi connectivity index (χ2n) is 6.29. The summed E-state index contributed by atoms with van der Waals surface area (Å²) in [5, 5.41) is 3.52. The summed E-state index contributed by atoms with van der Waals surface area (Å²) in [4.78, 5) is 2.45. The highest BCUT2D eigenvalue weighted by Crippen LogP contribution is 2.33. The lowest BCUT2D eigenvalue weighted by molar-refractivity contribution is 0.276. The van der Waals surface area contributed by atoms with Gasteiger partial charge < -0.3 is 10.2 Å². The third-order valence-electron chi connectivity index (χ3n) is 3.70. The predicted molar refractivity (Wildman–Crippen MR) is 79.1 cm³/mol. The number of rotatable bonds is 5. The van der Waals surface area contributed by atoms with Crippen molar-refractivity contribution in [1.82, 2.24) is 5.32 Å². The van der Waals surface area contributed by atoms with E-state index in [1.165, 1.54) is 30.8 Å². The minimum absolute atomic E-state index is 0.451. The van der Waals surface area contributed by atoms with Crippen molar-refractivity contribution in [3.8, 4) is 0 Å². The monoisotopic (exact) mass is 246 g/mol. The lowest BCUT2D eigenvalue weighted by Gasteiger charge is -2.47. The van der Waals surface area contributed by atoms with Gasteiger partial charge in [-0.25, -0.2) is 0 Å². The minimum Gasteiger partial charge on any atom is -0.370 e. The fourth-order valence-electron chi connectivity index (χ4n) is 2.62. The molecule has 1 saturated heterocycles. The Labute approximate surface area is 111 Å². The van der Waals surface area contributed by atoms with Gasteiger partial charge in [-0.2, -0.15) is 0 Å². The Hall–Kier alpha value is -1.02. The van der Waals surface area contributed by atoms with Crippen LogP contribution in [-0.4, -0.2) is 19.6 Å². The number of hydrogen-bond donors (Lipinski definition) is 1. The van der Waals surface area contributed by atoms with Crippen molar-refractivity contribution in [2.45, 2.75) is 40.2 Å². The van der Waals surface area contributed by atoms with Gasteiger partial charge in [-0.15, -0.1) is 0 Å². The Bertz CT molecular complexity index is 373. The number of hydrogen-bond acceptors (Lipinski definition) is 2. The molecule has 2 heteroatoms. The first kappa shape index (κ1) is 13.4. The number of nitrogens with zero attached hydrogens (tertiary/aromatic N) is 1. The third kappa shape index (κ3) is 3.05. The molecule has 1 N–H and O–H groups in total. The van der Waals surface area contributed by atoms with Gasteiger partial charge in [0.1, 0.15) is 0 Å². The van der Waals surface area contributed by atoms with Crippen molar-refractivity contribution < 1.29 is 0 Å². The highest BCUT2D eigenvalue weighted by molar-refractivity contribution is 5.50. The lowest BCUT2D eigenvalue weighted by atomic mass is 9.84. The van der Waals surface area contributed by atoms with Crippen LogP contribution in [0.5, 0.6) is 0 Å². The van der Waals surface area contributed by atoms with Gasteiger partial charge in [-0.05, 0) is 43.0 Å². The van der Waals surface area contributed by atoms with E-state index in [1.807, 2.05) is 0 Å². The van der Waals surface area contributed by atoms with Crippen LogP contribution in [0.3, 0.4) is 0 Å². The average molecular weight is 246 g/mol. The fraction of sp³-hybridized carbons (Fsp3) is 0.625. The molecule has 1 fully saturated rings. The summed E-state index contributed by atoms with van der Waals surface area (Å²) in [5.41, 5.74) is 3.24. The smallest absolute Gasteiger partial charge is 0.0366 e. The molecule has 0 radical (unpaired) electrons. The molecule has 1 unspecified atom stereocenters. The molecule has 0 saturated carbocycles. The topological polar surface area (TPSA) is 15.3 Å². The van der Waals surface area contributed by atoms with Gasteiger partial charge in [0.15, 0.2) is 0 Å². The van der Waals surface area contributed by atoms with Gasteiger partial charge in [-0.3, -0.25) is 0 Å². The van der Waals surface area contributed by atoms with E-state index in [0.29, 0.717) is 11.5 Å². The molecule has 0 spiro atoms. The van der Waals surface area contributed by atoms with Gasteiger partial charge in [0, 0.05) is 24.8 Å². The standard InChI is InChI=1S/C16H26N2/c1-5-10-17-13(2)14-6-8-15(9-7-14)18-11-16(3,4)12-18/h6-9,13,17H,5,10-12H2,1-4H3. The molecule has 0 amide bonds. The fourth-order valence-corrected chi connectivity index (χ4v) is 2.62. The van der Waals surface area contributed by atoms with Crippen LogP contribution in [0.1, 0.15) is 45.7 Å². The van der Waals surface area contributed by atoms with E-state index in [4.69, 9.17) is 0 Å². The van der Waals surface area contributed by atoms with Crippen LogP contribution in [0.15, 0.2) is 24.3 Å². The summed E-state index contributed by atoms with van der Waals surface area (Å²) >= 11 is 0. The summed E-state index contributed by atoms with van der Waals surface area (Å²) in [6.45, 7) is 12.5. The van der Waals surface area contributed by atoms with Crippen LogP contribution < -0.4 is 10.2 Å². The molecule has 0 aromatic heterocycles. The van der Waals surface area contributed by atoms with Crippen LogP contribution >= 0.6 is 0 Å². The van der Waals surface area contributed by atoms with Crippen LogP contribution in [0.25, 0.3) is 0 Å². The maximum absolute atomic E-state index is 3.52. The van der Waals surface area contributed by atoms with Crippen LogP contribution in [0.4, 0.5) is 5.69 Å². The molecule has 1 heterocycles. The number of nitrogens with one attached hydrogen (secondary N) is 1. The van der Waals surface area contributed by atoms with Gasteiger partial charge >= 0.3 is 0 Å². The zero-order valence-electron chi connectivity index (χ0n) is 12.2. The summed E-state index contributed by atoms with van der Waals surface area (Å²) in [7, 11) is 0. The molecule has 2 nitrogen and oxygen atoms in total. The van der Waals surface area contributed by atoms with E-state index in [-0.39, 0.29) is 0 Å². The van der Waals surface area contributed by atoms with Crippen LogP contribution in [0, 0.1) is 5.41 Å². The molecule has 1 atom stereocenters. The van der Waals surface area contributed by atoms with Gasteiger partial charge in [0.2, 0.25) is 0 Å². The Morgan fingerprint density at radius 3 is 2.33 bits per heavy atom. The normalized spacial score (nSPS) is 19.4. The summed E-state index contributed by atoms with van der Waals surface area (Å²) in [6, 6.07) is 9.48. The Balaban J connectivity index is 1.94. The predicted octanol–water partition coefficient (Wildman–Crippen LogP) is 3.59. The summed E-state index contributed by atoms with van der Waals surface area (Å²) < 4.78 is 0. The SMILES string of the molecule is CCCNC(C)c1ccc(N2CC(C)(C)C2)cc1. The Kier molecular flexibility index (Phi) is 3.96. The molecule has 1 aliphatic heterocycles. The first-order valence-electron chi connectivity index (χ1n) is 7.10. The van der Waals surface area contributed by atoms with Crippen molar-refractivity contribution >= 4 is 5.69 Å². The Morgan fingerprint density at radius 2 is 1.83 bits per heavy atom. The minimum atomic E-state index is 0.451. The quantitative estimate of drug-likeness (QED) is 0.854. The summed E-state index contributed by atoms with van der Waals surface area (Å²) in [6.07, 6.45) is 1.19. The maximum Gasteiger partial charge on any atom is 0.0366 e. The largest absolute Gasteiger partial charge is 0.370 e. The van der Waals surface area contributed by atoms with Crippen molar-refractivity contribution in [2.24, 2.45) is 5.41 Å². The van der Waals surface area contributed by atoms with Crippen molar-refractivity contribution in [3.05, 3.63) is 29.8 Å². The number of benzene rings is 1. The van der Waals surface area contributed by atoms with E-state index >= 15 is 0 Å². The Morgan fingerprint density at radius 1 is 1.22 bits per heavy atom. The van der Waals surface area contributed by atoms with E-state index in [9.17, 15) is 0 Å². The molecule has 1 aromatic rings. The zero-order chi connectivity index (χ0) is 13.2.